The first-order chi connectivity index (χ1) is 17.9. The van der Waals surface area contributed by atoms with Crippen LogP contribution in [0.25, 0.3) is 21.3 Å². The Morgan fingerprint density at radius 3 is 2.73 bits per heavy atom. The quantitative estimate of drug-likeness (QED) is 0.259. The molecule has 3 atom stereocenters. The summed E-state index contributed by atoms with van der Waals surface area (Å²) in [4.78, 5) is 36.6. The van der Waals surface area contributed by atoms with Crippen molar-refractivity contribution in [2.75, 3.05) is 18.8 Å². The van der Waals surface area contributed by atoms with E-state index in [1.807, 2.05) is 30.3 Å². The zero-order valence-corrected chi connectivity index (χ0v) is 20.8. The van der Waals surface area contributed by atoms with Crippen molar-refractivity contribution in [1.82, 2.24) is 20.6 Å². The molecule has 1 amide bonds. The highest BCUT2D eigenvalue weighted by molar-refractivity contribution is 7.21. The summed E-state index contributed by atoms with van der Waals surface area (Å²) in [6, 6.07) is 13.7. The van der Waals surface area contributed by atoms with E-state index in [9.17, 15) is 9.59 Å². The van der Waals surface area contributed by atoms with Crippen LogP contribution in [0.15, 0.2) is 54.9 Å². The molecule has 8 N–H and O–H groups in total. The van der Waals surface area contributed by atoms with Crippen molar-refractivity contribution in [3.8, 4) is 11.3 Å². The van der Waals surface area contributed by atoms with E-state index in [1.54, 1.807) is 18.2 Å². The lowest BCUT2D eigenvalue weighted by Gasteiger charge is -2.35. The van der Waals surface area contributed by atoms with Crippen LogP contribution in [0, 0.1) is 0 Å². The lowest BCUT2D eigenvalue weighted by atomic mass is 9.72. The van der Waals surface area contributed by atoms with Crippen LogP contribution in [0.5, 0.6) is 0 Å². The van der Waals surface area contributed by atoms with E-state index < -0.39 is 17.4 Å². The van der Waals surface area contributed by atoms with Crippen LogP contribution in [0.2, 0.25) is 0 Å². The molecular weight excluding hydrogens is 486 g/mol. The van der Waals surface area contributed by atoms with Crippen molar-refractivity contribution in [1.29, 1.82) is 0 Å². The van der Waals surface area contributed by atoms with Crippen LogP contribution < -0.4 is 27.8 Å². The van der Waals surface area contributed by atoms with Gasteiger partial charge in [-0.3, -0.25) is 9.59 Å². The van der Waals surface area contributed by atoms with Crippen LogP contribution in [0.3, 0.4) is 0 Å². The summed E-state index contributed by atoms with van der Waals surface area (Å²) in [5.41, 5.74) is 21.6. The van der Waals surface area contributed by atoms with Gasteiger partial charge in [0.1, 0.15) is 11.9 Å². The third-order valence-electron chi connectivity index (χ3n) is 7.29. The van der Waals surface area contributed by atoms with Gasteiger partial charge in [0.15, 0.2) is 5.78 Å². The molecule has 1 saturated heterocycles. The van der Waals surface area contributed by atoms with Crippen molar-refractivity contribution in [3.63, 3.8) is 0 Å². The number of aromatic nitrogens is 2. The van der Waals surface area contributed by atoms with Gasteiger partial charge in [0.05, 0.1) is 27.0 Å². The van der Waals surface area contributed by atoms with Gasteiger partial charge < -0.3 is 27.8 Å². The number of anilines is 1. The number of nitrogen functional groups attached to an aromatic ring is 1. The Kier molecular flexibility index (Phi) is 5.76. The Morgan fingerprint density at radius 1 is 1.16 bits per heavy atom. The van der Waals surface area contributed by atoms with Crippen LogP contribution in [-0.2, 0) is 10.3 Å². The molecule has 0 spiro atoms. The number of rotatable bonds is 4. The highest BCUT2D eigenvalue weighted by atomic mass is 32.1. The van der Waals surface area contributed by atoms with E-state index in [4.69, 9.17) is 17.2 Å². The Hall–Kier alpha value is -3.70. The second kappa shape index (κ2) is 9.00. The standard InChI is InChI=1S/C27H27N7O2S/c28-17-9-8-16-20-21(24(37-23(17)20)26(36)34-15-7-4-10-31-12-15)22(29)25(35)27(16,30)19-11-18(32-13-33-19)14-5-2-1-3-6-14/h1-3,5-6,8-9,11,13,15,22,31H,4,7,10,12,28-30H2,(H,34,36). The first kappa shape index (κ1) is 23.7. The van der Waals surface area contributed by atoms with Crippen LogP contribution in [-0.4, -0.2) is 40.8 Å². The summed E-state index contributed by atoms with van der Waals surface area (Å²) in [5, 5.41) is 7.05. The lowest BCUT2D eigenvalue weighted by Crippen LogP contribution is -2.53. The molecule has 1 aliphatic carbocycles. The number of nitrogens with two attached hydrogens (primary N) is 3. The van der Waals surface area contributed by atoms with Gasteiger partial charge in [0.25, 0.3) is 5.91 Å². The zero-order valence-electron chi connectivity index (χ0n) is 20.0. The van der Waals surface area contributed by atoms with Crippen molar-refractivity contribution in [2.45, 2.75) is 30.5 Å². The van der Waals surface area contributed by atoms with Crippen LogP contribution in [0.1, 0.15) is 45.4 Å². The number of nitrogens with zero attached hydrogens (tertiary/aromatic N) is 2. The molecule has 0 bridgehead atoms. The Bertz CT molecular complexity index is 1530. The predicted molar refractivity (Wildman–Crippen MR) is 144 cm³/mol. The van der Waals surface area contributed by atoms with Gasteiger partial charge in [0, 0.05) is 34.8 Å². The predicted octanol–water partition coefficient (Wildman–Crippen LogP) is 2.21. The van der Waals surface area contributed by atoms with Gasteiger partial charge in [-0.05, 0) is 37.1 Å². The highest BCUT2D eigenvalue weighted by Gasteiger charge is 2.50. The smallest absolute Gasteiger partial charge is 0.262 e. The Balaban J connectivity index is 1.51. The van der Waals surface area contributed by atoms with E-state index in [1.165, 1.54) is 17.7 Å². The fourth-order valence-electron chi connectivity index (χ4n) is 5.38. The number of hydrogen-bond donors (Lipinski definition) is 5. The third kappa shape index (κ3) is 3.72. The molecule has 0 radical (unpaired) electrons. The normalized spacial score (nSPS) is 23.2. The van der Waals surface area contributed by atoms with E-state index in [0.29, 0.717) is 49.7 Å². The van der Waals surface area contributed by atoms with E-state index in [0.717, 1.165) is 24.9 Å². The average Bonchev–Trinajstić information content (AvgIpc) is 3.34. The molecule has 9 nitrogen and oxygen atoms in total. The fourth-order valence-corrected chi connectivity index (χ4v) is 6.58. The van der Waals surface area contributed by atoms with Crippen molar-refractivity contribution in [3.05, 3.63) is 76.6 Å². The molecule has 2 aromatic heterocycles. The molecule has 188 valence electrons. The minimum atomic E-state index is -1.63. The molecule has 0 saturated carbocycles. The molecule has 6 rings (SSSR count). The van der Waals surface area contributed by atoms with Crippen LogP contribution in [0.4, 0.5) is 5.69 Å². The van der Waals surface area contributed by atoms with Gasteiger partial charge in [-0.15, -0.1) is 11.3 Å². The number of nitrogens with one attached hydrogen (secondary N) is 2. The summed E-state index contributed by atoms with van der Waals surface area (Å²) in [7, 11) is 0. The maximum Gasteiger partial charge on any atom is 0.262 e. The van der Waals surface area contributed by atoms with E-state index >= 15 is 0 Å². The minimum absolute atomic E-state index is 0.0111. The number of carbonyl (C=O) groups is 2. The zero-order chi connectivity index (χ0) is 25.7. The highest BCUT2D eigenvalue weighted by Crippen LogP contribution is 2.49. The first-order valence-electron chi connectivity index (χ1n) is 12.2. The van der Waals surface area contributed by atoms with E-state index in [2.05, 4.69) is 20.6 Å². The number of hydrogen-bond acceptors (Lipinski definition) is 9. The summed E-state index contributed by atoms with van der Waals surface area (Å²) < 4.78 is 0.689. The molecule has 3 unspecified atom stereocenters. The minimum Gasteiger partial charge on any atom is -0.398 e. The maximum atomic E-state index is 14.0. The number of thiophene rings is 1. The van der Waals surface area contributed by atoms with Gasteiger partial charge in [-0.25, -0.2) is 9.97 Å². The second-order valence-electron chi connectivity index (χ2n) is 9.57. The number of carbonyl (C=O) groups excluding carboxylic acids is 2. The summed E-state index contributed by atoms with van der Waals surface area (Å²) in [6.45, 7) is 1.64. The molecule has 2 aromatic carbocycles. The Labute approximate surface area is 217 Å². The van der Waals surface area contributed by atoms with E-state index in [-0.39, 0.29) is 11.9 Å². The van der Waals surface area contributed by atoms with Crippen molar-refractivity contribution in [2.24, 2.45) is 11.5 Å². The molecule has 2 aliphatic rings. The maximum absolute atomic E-state index is 14.0. The first-order valence-corrected chi connectivity index (χ1v) is 13.0. The molecule has 1 aliphatic heterocycles. The molecule has 3 heterocycles. The number of piperidine rings is 1. The van der Waals surface area contributed by atoms with Crippen molar-refractivity contribution < 1.29 is 9.59 Å². The van der Waals surface area contributed by atoms with Gasteiger partial charge in [0.2, 0.25) is 0 Å². The summed E-state index contributed by atoms with van der Waals surface area (Å²) in [6.07, 6.45) is 3.28. The van der Waals surface area contributed by atoms with Gasteiger partial charge in [-0.1, -0.05) is 36.4 Å². The second-order valence-corrected chi connectivity index (χ2v) is 10.6. The molecule has 4 aromatic rings. The average molecular weight is 514 g/mol. The number of Topliss-reactive ketones (excluding diaryl/α,β-unsaturated/α-hetero) is 1. The lowest BCUT2D eigenvalue weighted by molar-refractivity contribution is -0.124. The monoisotopic (exact) mass is 513 g/mol. The molecule has 37 heavy (non-hydrogen) atoms. The molecular formula is C27H27N7O2S. The number of benzene rings is 2. The van der Waals surface area contributed by atoms with Gasteiger partial charge >= 0.3 is 0 Å². The third-order valence-corrected chi connectivity index (χ3v) is 8.55. The summed E-state index contributed by atoms with van der Waals surface area (Å²) in [5.74, 6) is -0.688. The van der Waals surface area contributed by atoms with Crippen LogP contribution >= 0.6 is 11.3 Å². The SMILES string of the molecule is Nc1ccc2c3c(c(C(=O)NC4CCCNC4)sc13)C(N)C(=O)C2(N)c1cc(-c2ccccc2)ncn1. The van der Waals surface area contributed by atoms with Crippen molar-refractivity contribution >= 4 is 38.8 Å². The molecule has 1 fully saturated rings. The van der Waals surface area contributed by atoms with Gasteiger partial charge in [-0.2, -0.15) is 0 Å². The largest absolute Gasteiger partial charge is 0.398 e. The molecule has 10 heteroatoms. The fraction of sp³-hybridized carbons (Fsp3) is 0.259. The number of amides is 1. The summed E-state index contributed by atoms with van der Waals surface area (Å²) >= 11 is 1.25. The number of ketones is 1. The topological polar surface area (TPSA) is 162 Å². The Morgan fingerprint density at radius 2 is 1.97 bits per heavy atom.